The molecule has 37 heavy (non-hydrogen) atoms. The van der Waals surface area contributed by atoms with E-state index < -0.39 is 0 Å². The van der Waals surface area contributed by atoms with Gasteiger partial charge in [-0.05, 0) is 36.4 Å². The Balaban J connectivity index is 1.68. The largest absolute Gasteiger partial charge is 0.496 e. The van der Waals surface area contributed by atoms with Gasteiger partial charge < -0.3 is 19.3 Å². The van der Waals surface area contributed by atoms with Crippen LogP contribution >= 0.6 is 0 Å². The maximum Gasteiger partial charge on any atom is 0.275 e. The number of amides is 1. The van der Waals surface area contributed by atoms with E-state index in [0.29, 0.717) is 17.0 Å². The fourth-order valence-electron chi connectivity index (χ4n) is 4.47. The molecule has 0 aliphatic heterocycles. The third-order valence-electron chi connectivity index (χ3n) is 6.28. The molecule has 0 unspecified atom stereocenters. The van der Waals surface area contributed by atoms with Crippen molar-refractivity contribution in [2.45, 2.75) is 26.2 Å². The Morgan fingerprint density at radius 3 is 2.46 bits per heavy atom. The molecular weight excluding hydrogens is 470 g/mol. The van der Waals surface area contributed by atoms with Gasteiger partial charge in [-0.2, -0.15) is 5.10 Å². The third-order valence-corrected chi connectivity index (χ3v) is 6.28. The highest BCUT2D eigenvalue weighted by Crippen LogP contribution is 2.46. The summed E-state index contributed by atoms with van der Waals surface area (Å²) in [5, 5.41) is 23.7. The van der Waals surface area contributed by atoms with Crippen molar-refractivity contribution in [3.8, 4) is 39.9 Å². The summed E-state index contributed by atoms with van der Waals surface area (Å²) in [7, 11) is 4.96. The fraction of sp³-hybridized carbons (Fsp3) is 0.250. The van der Waals surface area contributed by atoms with Crippen LogP contribution in [-0.2, 0) is 5.41 Å². The minimum atomic E-state index is -0.272. The molecule has 0 aliphatic rings. The number of aromatic nitrogens is 4. The number of ether oxygens (including phenoxy) is 1. The van der Waals surface area contributed by atoms with Crippen LogP contribution in [0.1, 0.15) is 37.0 Å². The molecule has 5 aromatic rings. The number of fused-ring (bicyclic) bond motifs is 1. The number of hydrogen-bond acceptors (Lipinski definition) is 6. The van der Waals surface area contributed by atoms with Gasteiger partial charge in [0.05, 0.1) is 23.9 Å². The highest BCUT2D eigenvalue weighted by atomic mass is 16.5. The molecular formula is C28H29N5O4. The Labute approximate surface area is 214 Å². The number of hydrogen-bond donors (Lipinski definition) is 2. The number of H-pyrrole nitrogens is 1. The topological polar surface area (TPSA) is 109 Å². The van der Waals surface area contributed by atoms with E-state index in [0.717, 1.165) is 33.6 Å². The summed E-state index contributed by atoms with van der Waals surface area (Å²) in [5.74, 6) is 0.971. The molecule has 0 atom stereocenters. The lowest BCUT2D eigenvalue weighted by Gasteiger charge is -2.18. The summed E-state index contributed by atoms with van der Waals surface area (Å²) >= 11 is 0. The van der Waals surface area contributed by atoms with Crippen LogP contribution in [0.2, 0.25) is 0 Å². The van der Waals surface area contributed by atoms with Gasteiger partial charge in [-0.25, -0.2) is 0 Å². The quantitative estimate of drug-likeness (QED) is 0.336. The molecule has 9 nitrogen and oxygen atoms in total. The smallest absolute Gasteiger partial charge is 0.275 e. The predicted octanol–water partition coefficient (Wildman–Crippen LogP) is 5.39. The summed E-state index contributed by atoms with van der Waals surface area (Å²) in [6.07, 6.45) is 0. The summed E-state index contributed by atoms with van der Waals surface area (Å²) in [5.41, 5.74) is 4.44. The zero-order chi connectivity index (χ0) is 26.5. The number of benzene rings is 2. The van der Waals surface area contributed by atoms with Crippen molar-refractivity contribution in [1.29, 1.82) is 0 Å². The molecule has 3 heterocycles. The Hall–Kier alpha value is -4.53. The lowest BCUT2D eigenvalue weighted by atomic mass is 9.89. The SMILES string of the molecule is COc1ccccc1-c1c2c(C(C)(C)C)n[nH]c2c(O)n1-c1ccc(-c2cc(C(=O)N(C)C)no2)cc1. The van der Waals surface area contributed by atoms with Crippen molar-refractivity contribution in [2.24, 2.45) is 0 Å². The van der Waals surface area contributed by atoms with Crippen LogP contribution in [0.25, 0.3) is 39.2 Å². The van der Waals surface area contributed by atoms with Crippen molar-refractivity contribution in [2.75, 3.05) is 21.2 Å². The van der Waals surface area contributed by atoms with Gasteiger partial charge in [-0.3, -0.25) is 14.5 Å². The summed E-state index contributed by atoms with van der Waals surface area (Å²) in [4.78, 5) is 13.6. The zero-order valence-electron chi connectivity index (χ0n) is 21.7. The number of nitrogens with zero attached hydrogens (tertiary/aromatic N) is 4. The fourth-order valence-corrected chi connectivity index (χ4v) is 4.47. The number of methoxy groups -OCH3 is 1. The van der Waals surface area contributed by atoms with E-state index in [1.165, 1.54) is 4.90 Å². The number of aromatic amines is 1. The normalized spacial score (nSPS) is 11.7. The average Bonchev–Trinajstić information content (AvgIpc) is 3.59. The summed E-state index contributed by atoms with van der Waals surface area (Å²) in [6, 6.07) is 16.8. The molecule has 0 aliphatic carbocycles. The first-order chi connectivity index (χ1) is 17.6. The van der Waals surface area contributed by atoms with E-state index >= 15 is 0 Å². The molecule has 9 heteroatoms. The number of nitrogens with one attached hydrogen (secondary N) is 1. The Morgan fingerprint density at radius 1 is 1.11 bits per heavy atom. The van der Waals surface area contributed by atoms with Gasteiger partial charge in [-0.15, -0.1) is 0 Å². The van der Waals surface area contributed by atoms with E-state index in [9.17, 15) is 9.90 Å². The lowest BCUT2D eigenvalue weighted by molar-refractivity contribution is 0.0817. The number of aromatic hydroxyl groups is 1. The summed E-state index contributed by atoms with van der Waals surface area (Å²) < 4.78 is 12.9. The molecule has 0 fully saturated rings. The molecule has 2 aromatic carbocycles. The number of para-hydroxylation sites is 1. The lowest BCUT2D eigenvalue weighted by Crippen LogP contribution is -2.21. The van der Waals surface area contributed by atoms with Crippen molar-refractivity contribution >= 4 is 16.8 Å². The molecule has 1 amide bonds. The van der Waals surface area contributed by atoms with Gasteiger partial charge in [-0.1, -0.05) is 38.1 Å². The predicted molar refractivity (Wildman–Crippen MR) is 141 cm³/mol. The van der Waals surface area contributed by atoms with E-state index in [2.05, 4.69) is 36.1 Å². The zero-order valence-corrected chi connectivity index (χ0v) is 21.7. The van der Waals surface area contributed by atoms with Crippen LogP contribution in [0.3, 0.4) is 0 Å². The molecule has 0 spiro atoms. The maximum atomic E-state index is 12.2. The Bertz CT molecular complexity index is 1600. The molecule has 0 saturated carbocycles. The van der Waals surface area contributed by atoms with Crippen molar-refractivity contribution in [3.05, 3.63) is 66.0 Å². The van der Waals surface area contributed by atoms with Crippen LogP contribution in [0.4, 0.5) is 0 Å². The van der Waals surface area contributed by atoms with Crippen LogP contribution < -0.4 is 4.74 Å². The molecule has 5 rings (SSSR count). The van der Waals surface area contributed by atoms with Crippen LogP contribution in [0.5, 0.6) is 11.6 Å². The second-order valence-electron chi connectivity index (χ2n) is 10.1. The summed E-state index contributed by atoms with van der Waals surface area (Å²) in [6.45, 7) is 6.26. The van der Waals surface area contributed by atoms with Gasteiger partial charge in [0.2, 0.25) is 5.88 Å². The van der Waals surface area contributed by atoms with Crippen molar-refractivity contribution < 1.29 is 19.2 Å². The van der Waals surface area contributed by atoms with Gasteiger partial charge in [0, 0.05) is 42.4 Å². The minimum Gasteiger partial charge on any atom is -0.496 e. The standard InChI is InChI=1S/C28H29N5O4/c1-28(2,3)25-22-23(29-30-25)27(35)33(24(22)18-9-7-8-10-20(18)36-6)17-13-11-16(12-14-17)21-15-19(31-37-21)26(34)32(4)5/h7-15,29,35H,1-6H3. The van der Waals surface area contributed by atoms with E-state index in [1.807, 2.05) is 48.5 Å². The van der Waals surface area contributed by atoms with Gasteiger partial charge >= 0.3 is 0 Å². The monoisotopic (exact) mass is 499 g/mol. The second kappa shape index (κ2) is 8.85. The molecule has 190 valence electrons. The maximum absolute atomic E-state index is 12.2. The van der Waals surface area contributed by atoms with E-state index in [4.69, 9.17) is 9.26 Å². The van der Waals surface area contributed by atoms with Crippen molar-refractivity contribution in [3.63, 3.8) is 0 Å². The highest BCUT2D eigenvalue weighted by molar-refractivity contribution is 6.02. The highest BCUT2D eigenvalue weighted by Gasteiger charge is 2.30. The first-order valence-electron chi connectivity index (χ1n) is 11.9. The number of rotatable bonds is 5. The number of carbonyl (C=O) groups is 1. The van der Waals surface area contributed by atoms with Crippen molar-refractivity contribution in [1.82, 2.24) is 24.8 Å². The van der Waals surface area contributed by atoms with Gasteiger partial charge in [0.25, 0.3) is 5.91 Å². The van der Waals surface area contributed by atoms with E-state index in [1.54, 1.807) is 31.8 Å². The first kappa shape index (κ1) is 24.2. The molecule has 0 radical (unpaired) electrons. The second-order valence-corrected chi connectivity index (χ2v) is 10.1. The molecule has 0 bridgehead atoms. The van der Waals surface area contributed by atoms with Crippen LogP contribution in [-0.4, -0.2) is 57.0 Å². The molecule has 2 N–H and O–H groups in total. The average molecular weight is 500 g/mol. The van der Waals surface area contributed by atoms with Gasteiger partial charge in [0.15, 0.2) is 11.5 Å². The minimum absolute atomic E-state index is 0.0465. The third kappa shape index (κ3) is 4.02. The Morgan fingerprint density at radius 2 is 1.81 bits per heavy atom. The Kier molecular flexibility index (Phi) is 5.78. The number of carbonyl (C=O) groups excluding carboxylic acids is 1. The molecule has 0 saturated heterocycles. The first-order valence-corrected chi connectivity index (χ1v) is 11.9. The molecule has 3 aromatic heterocycles. The van der Waals surface area contributed by atoms with Crippen LogP contribution in [0, 0.1) is 0 Å². The van der Waals surface area contributed by atoms with Gasteiger partial charge in [0.1, 0.15) is 11.3 Å². The van der Waals surface area contributed by atoms with E-state index in [-0.39, 0.29) is 22.9 Å². The van der Waals surface area contributed by atoms with Crippen LogP contribution in [0.15, 0.2) is 59.1 Å².